The number of aryl methyl sites for hydroxylation is 1. The number of hydrogen-bond acceptors (Lipinski definition) is 2. The fraction of sp³-hybridized carbons (Fsp3) is 0.600. The summed E-state index contributed by atoms with van der Waals surface area (Å²) in [7, 11) is 0. The third-order valence-electron chi connectivity index (χ3n) is 4.58. The van der Waals surface area contributed by atoms with Gasteiger partial charge >= 0.3 is 0 Å². The Kier molecular flexibility index (Phi) is 3.62. The maximum Gasteiger partial charge on any atom is 0.126 e. The molecule has 3 heteroatoms. The normalized spacial score (nSPS) is 25.6. The van der Waals surface area contributed by atoms with Gasteiger partial charge in [-0.2, -0.15) is 0 Å². The van der Waals surface area contributed by atoms with Crippen molar-refractivity contribution in [1.82, 2.24) is 0 Å². The van der Waals surface area contributed by atoms with Gasteiger partial charge in [-0.05, 0) is 31.4 Å². The molecule has 2 N–H and O–H groups in total. The van der Waals surface area contributed by atoms with Crippen molar-refractivity contribution in [3.05, 3.63) is 29.6 Å². The van der Waals surface area contributed by atoms with Gasteiger partial charge in [-0.25, -0.2) is 4.39 Å². The molecule has 0 heterocycles. The lowest BCUT2D eigenvalue weighted by Crippen LogP contribution is -2.63. The molecule has 2 rings (SSSR count). The number of benzene rings is 1. The summed E-state index contributed by atoms with van der Waals surface area (Å²) in [4.78, 5) is 0. The first kappa shape index (κ1) is 13.3. The van der Waals surface area contributed by atoms with Crippen LogP contribution in [0, 0.1) is 18.2 Å². The van der Waals surface area contributed by atoms with Gasteiger partial charge in [0, 0.05) is 23.9 Å². The summed E-state index contributed by atoms with van der Waals surface area (Å²) < 4.78 is 19.3. The summed E-state index contributed by atoms with van der Waals surface area (Å²) in [6, 6.07) is 4.88. The highest BCUT2D eigenvalue weighted by Gasteiger charge is 2.52. The molecule has 1 aliphatic rings. The Balaban J connectivity index is 2.17. The van der Waals surface area contributed by atoms with E-state index in [9.17, 15) is 4.39 Å². The van der Waals surface area contributed by atoms with Crippen LogP contribution in [-0.4, -0.2) is 12.1 Å². The molecule has 1 fully saturated rings. The van der Waals surface area contributed by atoms with Crippen molar-refractivity contribution in [2.24, 2.45) is 11.1 Å². The van der Waals surface area contributed by atoms with Crippen LogP contribution in [0.3, 0.4) is 0 Å². The molecule has 100 valence electrons. The van der Waals surface area contributed by atoms with E-state index in [2.05, 4.69) is 13.8 Å². The Morgan fingerprint density at radius 1 is 1.39 bits per heavy atom. The molecule has 0 aliphatic heterocycles. The molecular formula is C15H22FNO. The van der Waals surface area contributed by atoms with Crippen molar-refractivity contribution >= 4 is 0 Å². The average molecular weight is 251 g/mol. The van der Waals surface area contributed by atoms with E-state index in [-0.39, 0.29) is 23.4 Å². The predicted molar refractivity (Wildman–Crippen MR) is 71.2 cm³/mol. The van der Waals surface area contributed by atoms with Gasteiger partial charge in [-0.1, -0.05) is 19.9 Å². The molecule has 1 aliphatic carbocycles. The monoisotopic (exact) mass is 251 g/mol. The van der Waals surface area contributed by atoms with E-state index < -0.39 is 0 Å². The minimum Gasteiger partial charge on any atom is -0.489 e. The standard InChI is InChI=1S/C15H22FNO/c1-4-15(5-2)13(17)9-14(15)18-12-8-11(16)7-6-10(12)3/h6-8,13-14H,4-5,9,17H2,1-3H3. The molecule has 0 saturated heterocycles. The maximum atomic E-state index is 13.2. The van der Waals surface area contributed by atoms with Gasteiger partial charge in [-0.15, -0.1) is 0 Å². The number of hydrogen-bond donors (Lipinski definition) is 1. The lowest BCUT2D eigenvalue weighted by Gasteiger charge is -2.53. The topological polar surface area (TPSA) is 35.2 Å². The molecule has 0 amide bonds. The molecule has 1 saturated carbocycles. The van der Waals surface area contributed by atoms with Crippen molar-refractivity contribution in [3.63, 3.8) is 0 Å². The minimum atomic E-state index is -0.252. The molecule has 0 aromatic heterocycles. The summed E-state index contributed by atoms with van der Waals surface area (Å²) in [5.41, 5.74) is 7.16. The minimum absolute atomic E-state index is 0.0543. The number of halogens is 1. The van der Waals surface area contributed by atoms with Crippen LogP contribution in [0.15, 0.2) is 18.2 Å². The van der Waals surface area contributed by atoms with Gasteiger partial charge in [-0.3, -0.25) is 0 Å². The first-order valence-corrected chi connectivity index (χ1v) is 6.72. The second kappa shape index (κ2) is 4.88. The van der Waals surface area contributed by atoms with E-state index in [0.717, 1.165) is 24.8 Å². The van der Waals surface area contributed by atoms with Crippen molar-refractivity contribution in [1.29, 1.82) is 0 Å². The van der Waals surface area contributed by atoms with Crippen molar-refractivity contribution < 1.29 is 9.13 Å². The van der Waals surface area contributed by atoms with E-state index in [1.54, 1.807) is 6.07 Å². The number of nitrogens with two attached hydrogens (primary N) is 1. The zero-order chi connectivity index (χ0) is 13.3. The molecule has 2 nitrogen and oxygen atoms in total. The molecule has 2 atom stereocenters. The summed E-state index contributed by atoms with van der Waals surface area (Å²) in [6.45, 7) is 6.24. The van der Waals surface area contributed by atoms with Gasteiger partial charge in [0.2, 0.25) is 0 Å². The molecule has 0 bridgehead atoms. The van der Waals surface area contributed by atoms with Gasteiger partial charge in [0.1, 0.15) is 17.7 Å². The summed E-state index contributed by atoms with van der Waals surface area (Å²) in [6.07, 6.45) is 2.98. The first-order chi connectivity index (χ1) is 8.53. The lowest BCUT2D eigenvalue weighted by atomic mass is 9.59. The van der Waals surface area contributed by atoms with Crippen LogP contribution in [0.2, 0.25) is 0 Å². The SMILES string of the molecule is CCC1(CC)C(N)CC1Oc1cc(F)ccc1C. The zero-order valence-corrected chi connectivity index (χ0v) is 11.4. The fourth-order valence-electron chi connectivity index (χ4n) is 3.03. The van der Waals surface area contributed by atoms with Crippen LogP contribution in [0.4, 0.5) is 4.39 Å². The van der Waals surface area contributed by atoms with Crippen LogP contribution in [0.25, 0.3) is 0 Å². The average Bonchev–Trinajstić information content (AvgIpc) is 2.35. The third kappa shape index (κ3) is 2.01. The third-order valence-corrected chi connectivity index (χ3v) is 4.58. The second-order valence-electron chi connectivity index (χ2n) is 5.30. The van der Waals surface area contributed by atoms with E-state index in [4.69, 9.17) is 10.5 Å². The van der Waals surface area contributed by atoms with Crippen LogP contribution in [0.5, 0.6) is 5.75 Å². The molecule has 0 spiro atoms. The lowest BCUT2D eigenvalue weighted by molar-refractivity contribution is -0.0726. The van der Waals surface area contributed by atoms with Gasteiger partial charge < -0.3 is 10.5 Å². The Hall–Kier alpha value is -1.09. The van der Waals surface area contributed by atoms with E-state index in [1.807, 2.05) is 6.92 Å². The van der Waals surface area contributed by atoms with Crippen molar-refractivity contribution in [3.8, 4) is 5.75 Å². The van der Waals surface area contributed by atoms with Gasteiger partial charge in [0.05, 0.1) is 0 Å². The molecular weight excluding hydrogens is 229 g/mol. The zero-order valence-electron chi connectivity index (χ0n) is 11.4. The number of rotatable bonds is 4. The van der Waals surface area contributed by atoms with Crippen LogP contribution in [-0.2, 0) is 0 Å². The van der Waals surface area contributed by atoms with Crippen molar-refractivity contribution in [2.45, 2.75) is 52.2 Å². The van der Waals surface area contributed by atoms with Crippen LogP contribution >= 0.6 is 0 Å². The Labute approximate surface area is 108 Å². The van der Waals surface area contributed by atoms with Crippen molar-refractivity contribution in [2.75, 3.05) is 0 Å². The Bertz CT molecular complexity index is 429. The van der Waals surface area contributed by atoms with Gasteiger partial charge in [0.25, 0.3) is 0 Å². The maximum absolute atomic E-state index is 13.2. The smallest absolute Gasteiger partial charge is 0.126 e. The van der Waals surface area contributed by atoms with E-state index >= 15 is 0 Å². The second-order valence-corrected chi connectivity index (χ2v) is 5.30. The molecule has 18 heavy (non-hydrogen) atoms. The summed E-state index contributed by atoms with van der Waals surface area (Å²) >= 11 is 0. The molecule has 0 radical (unpaired) electrons. The molecule has 1 aromatic rings. The highest BCUT2D eigenvalue weighted by molar-refractivity contribution is 5.33. The Morgan fingerprint density at radius 3 is 2.61 bits per heavy atom. The first-order valence-electron chi connectivity index (χ1n) is 6.72. The summed E-state index contributed by atoms with van der Waals surface area (Å²) in [5.74, 6) is 0.399. The predicted octanol–water partition coefficient (Wildman–Crippen LogP) is 3.42. The quantitative estimate of drug-likeness (QED) is 0.890. The van der Waals surface area contributed by atoms with E-state index in [1.165, 1.54) is 12.1 Å². The van der Waals surface area contributed by atoms with Gasteiger partial charge in [0.15, 0.2) is 0 Å². The fourth-order valence-corrected chi connectivity index (χ4v) is 3.03. The van der Waals surface area contributed by atoms with Crippen LogP contribution < -0.4 is 10.5 Å². The molecule has 2 unspecified atom stereocenters. The molecule has 1 aromatic carbocycles. The largest absolute Gasteiger partial charge is 0.489 e. The highest BCUT2D eigenvalue weighted by Crippen LogP contribution is 2.48. The Morgan fingerprint density at radius 2 is 2.06 bits per heavy atom. The van der Waals surface area contributed by atoms with Crippen LogP contribution in [0.1, 0.15) is 38.7 Å². The number of ether oxygens (including phenoxy) is 1. The van der Waals surface area contributed by atoms with E-state index in [0.29, 0.717) is 5.75 Å². The summed E-state index contributed by atoms with van der Waals surface area (Å²) in [5, 5.41) is 0. The highest BCUT2D eigenvalue weighted by atomic mass is 19.1.